The fraction of sp³-hybridized carbons (Fsp3) is 0.158. The van der Waals surface area contributed by atoms with Gasteiger partial charge in [0.2, 0.25) is 0 Å². The Bertz CT molecular complexity index is 936. The lowest BCUT2D eigenvalue weighted by Crippen LogP contribution is -2.18. The van der Waals surface area contributed by atoms with Crippen molar-refractivity contribution in [3.63, 3.8) is 0 Å². The van der Waals surface area contributed by atoms with E-state index in [0.29, 0.717) is 11.5 Å². The van der Waals surface area contributed by atoms with E-state index in [4.69, 9.17) is 9.25 Å². The smallest absolute Gasteiger partial charge is 0.387 e. The van der Waals surface area contributed by atoms with Crippen LogP contribution in [-0.4, -0.2) is 24.8 Å². The third kappa shape index (κ3) is 4.81. The lowest BCUT2D eigenvalue weighted by Gasteiger charge is -2.11. The normalized spacial score (nSPS) is 11.6. The van der Waals surface area contributed by atoms with Crippen molar-refractivity contribution in [2.45, 2.75) is 13.5 Å². The highest BCUT2D eigenvalue weighted by Crippen LogP contribution is 2.25. The quantitative estimate of drug-likeness (QED) is 0.491. The van der Waals surface area contributed by atoms with Crippen LogP contribution in [0, 0.1) is 0 Å². The van der Waals surface area contributed by atoms with Gasteiger partial charge in [0.25, 0.3) is 5.91 Å². The summed E-state index contributed by atoms with van der Waals surface area (Å²) in [5, 5.41) is 7.22. The van der Waals surface area contributed by atoms with Gasteiger partial charge in [-0.3, -0.25) is 4.79 Å². The predicted molar refractivity (Wildman–Crippen MR) is 96.1 cm³/mol. The minimum Gasteiger partial charge on any atom is -0.455 e. The Morgan fingerprint density at radius 1 is 1.19 bits per heavy atom. The summed E-state index contributed by atoms with van der Waals surface area (Å²) in [5.74, 6) is -0.184. The van der Waals surface area contributed by atoms with Gasteiger partial charge < -0.3 is 19.3 Å². The van der Waals surface area contributed by atoms with Crippen molar-refractivity contribution < 1.29 is 27.6 Å². The zero-order valence-electron chi connectivity index (χ0n) is 14.3. The van der Waals surface area contributed by atoms with Crippen LogP contribution in [0.15, 0.2) is 64.2 Å². The van der Waals surface area contributed by atoms with Gasteiger partial charge in [0.15, 0.2) is 12.4 Å². The Labute approximate surface area is 153 Å². The topological polar surface area (TPSA) is 73.1 Å². The minimum absolute atomic E-state index is 0.115. The highest BCUT2D eigenvalue weighted by molar-refractivity contribution is 5.99. The number of oxime groups is 1. The third-order valence-electron chi connectivity index (χ3n) is 3.56. The lowest BCUT2D eigenvalue weighted by molar-refractivity contribution is -0.120. The number of hydrogen-bond acceptors (Lipinski definition) is 5. The second-order valence-electron chi connectivity index (χ2n) is 5.52. The molecule has 3 rings (SSSR count). The van der Waals surface area contributed by atoms with Crippen molar-refractivity contribution in [2.75, 3.05) is 11.9 Å². The van der Waals surface area contributed by atoms with E-state index in [2.05, 4.69) is 15.2 Å². The molecule has 0 spiro atoms. The molecule has 2 aromatic carbocycles. The Balaban J connectivity index is 1.58. The average Bonchev–Trinajstić information content (AvgIpc) is 3.07. The molecule has 1 amide bonds. The average molecular weight is 374 g/mol. The Hall–Kier alpha value is -3.42. The third-order valence-corrected chi connectivity index (χ3v) is 3.56. The summed E-state index contributed by atoms with van der Waals surface area (Å²) in [7, 11) is 0. The van der Waals surface area contributed by atoms with Gasteiger partial charge in [-0.1, -0.05) is 35.5 Å². The highest BCUT2D eigenvalue weighted by Gasteiger charge is 2.12. The Kier molecular flexibility index (Phi) is 5.65. The molecule has 0 aliphatic heterocycles. The maximum Gasteiger partial charge on any atom is 0.387 e. The van der Waals surface area contributed by atoms with Crippen LogP contribution in [-0.2, 0) is 9.63 Å². The maximum absolute atomic E-state index is 12.4. The predicted octanol–water partition coefficient (Wildman–Crippen LogP) is 4.41. The number of anilines is 1. The summed E-state index contributed by atoms with van der Waals surface area (Å²) >= 11 is 0. The minimum atomic E-state index is -2.99. The van der Waals surface area contributed by atoms with E-state index in [9.17, 15) is 13.6 Å². The van der Waals surface area contributed by atoms with Crippen molar-refractivity contribution in [2.24, 2.45) is 5.16 Å². The molecule has 0 fully saturated rings. The molecule has 0 bridgehead atoms. The second kappa shape index (κ2) is 8.31. The van der Waals surface area contributed by atoms with Crippen LogP contribution in [0.2, 0.25) is 0 Å². The van der Waals surface area contributed by atoms with Crippen molar-refractivity contribution in [3.8, 4) is 5.75 Å². The van der Waals surface area contributed by atoms with Crippen LogP contribution in [0.5, 0.6) is 5.75 Å². The number of carbonyl (C=O) groups excluding carboxylic acids is 1. The number of benzene rings is 2. The van der Waals surface area contributed by atoms with Gasteiger partial charge in [0.1, 0.15) is 17.0 Å². The molecule has 1 N–H and O–H groups in total. The number of carbonyl (C=O) groups is 1. The summed E-state index contributed by atoms with van der Waals surface area (Å²) in [6, 6.07) is 15.2. The zero-order chi connectivity index (χ0) is 19.2. The van der Waals surface area contributed by atoms with Crippen molar-refractivity contribution >= 4 is 28.3 Å². The molecule has 1 heterocycles. The molecule has 0 atom stereocenters. The van der Waals surface area contributed by atoms with Gasteiger partial charge in [0.05, 0.1) is 5.69 Å². The van der Waals surface area contributed by atoms with E-state index >= 15 is 0 Å². The first-order valence-electron chi connectivity index (χ1n) is 8.02. The van der Waals surface area contributed by atoms with Crippen molar-refractivity contribution in [1.82, 2.24) is 0 Å². The molecule has 1 aromatic heterocycles. The van der Waals surface area contributed by atoms with Crippen LogP contribution in [0.3, 0.4) is 0 Å². The van der Waals surface area contributed by atoms with E-state index in [-0.39, 0.29) is 11.4 Å². The molecular weight excluding hydrogens is 358 g/mol. The zero-order valence-corrected chi connectivity index (χ0v) is 14.3. The highest BCUT2D eigenvalue weighted by atomic mass is 19.3. The maximum atomic E-state index is 12.4. The largest absolute Gasteiger partial charge is 0.455 e. The summed E-state index contributed by atoms with van der Waals surface area (Å²) in [4.78, 5) is 17.0. The summed E-state index contributed by atoms with van der Waals surface area (Å²) in [6.45, 7) is -1.71. The Morgan fingerprint density at radius 2 is 1.93 bits per heavy atom. The van der Waals surface area contributed by atoms with Gasteiger partial charge in [-0.2, -0.15) is 8.78 Å². The van der Waals surface area contributed by atoms with E-state index in [1.165, 1.54) is 18.2 Å². The van der Waals surface area contributed by atoms with Crippen LogP contribution in [0.4, 0.5) is 14.5 Å². The standard InChI is InChI=1S/C19H16F2N2O4/c1-12(17-10-13-6-2-4-8-15(13)26-17)23-25-11-18(24)22-14-7-3-5-9-16(14)27-19(20)21/h2-10,19H,11H2,1H3,(H,22,24)/b23-12+. The number of amides is 1. The van der Waals surface area contributed by atoms with E-state index < -0.39 is 19.1 Å². The molecule has 140 valence electrons. The monoisotopic (exact) mass is 374 g/mol. The number of hydrogen-bond donors (Lipinski definition) is 1. The molecule has 0 aliphatic rings. The van der Waals surface area contributed by atoms with Gasteiger partial charge in [0, 0.05) is 5.39 Å². The van der Waals surface area contributed by atoms with Crippen molar-refractivity contribution in [1.29, 1.82) is 0 Å². The van der Waals surface area contributed by atoms with E-state index in [1.807, 2.05) is 30.3 Å². The number of alkyl halides is 2. The summed E-state index contributed by atoms with van der Waals surface area (Å²) in [5.41, 5.74) is 1.29. The van der Waals surface area contributed by atoms with E-state index in [0.717, 1.165) is 11.0 Å². The molecule has 27 heavy (non-hydrogen) atoms. The van der Waals surface area contributed by atoms with Gasteiger partial charge in [-0.25, -0.2) is 0 Å². The first-order valence-corrected chi connectivity index (χ1v) is 8.02. The first-order chi connectivity index (χ1) is 13.0. The molecule has 0 saturated carbocycles. The molecule has 0 radical (unpaired) electrons. The summed E-state index contributed by atoms with van der Waals surface area (Å²) < 4.78 is 34.7. The number of nitrogens with one attached hydrogen (secondary N) is 1. The molecule has 0 unspecified atom stereocenters. The van der Waals surface area contributed by atoms with Gasteiger partial charge in [-0.05, 0) is 31.2 Å². The molecule has 8 heteroatoms. The number of rotatable bonds is 7. The lowest BCUT2D eigenvalue weighted by atomic mass is 10.2. The van der Waals surface area contributed by atoms with Crippen LogP contribution >= 0.6 is 0 Å². The molecule has 0 saturated heterocycles. The van der Waals surface area contributed by atoms with Gasteiger partial charge >= 0.3 is 6.61 Å². The molecule has 3 aromatic rings. The van der Waals surface area contributed by atoms with Crippen LogP contribution in [0.1, 0.15) is 12.7 Å². The second-order valence-corrected chi connectivity index (χ2v) is 5.52. The molecule has 0 aliphatic carbocycles. The summed E-state index contributed by atoms with van der Waals surface area (Å²) in [6.07, 6.45) is 0. The SMILES string of the molecule is C/C(=N\OCC(=O)Nc1ccccc1OC(F)F)c1cc2ccccc2o1. The number of para-hydroxylation sites is 3. The first kappa shape index (κ1) is 18.4. The van der Waals surface area contributed by atoms with Crippen molar-refractivity contribution in [3.05, 3.63) is 60.4 Å². The van der Waals surface area contributed by atoms with Crippen LogP contribution < -0.4 is 10.1 Å². The number of furan rings is 1. The number of halogens is 2. The van der Waals surface area contributed by atoms with Gasteiger partial charge in [-0.15, -0.1) is 0 Å². The van der Waals surface area contributed by atoms with Crippen LogP contribution in [0.25, 0.3) is 11.0 Å². The Morgan fingerprint density at radius 3 is 2.70 bits per heavy atom. The number of fused-ring (bicyclic) bond motifs is 1. The molecular formula is C19H16F2N2O4. The molecule has 6 nitrogen and oxygen atoms in total. The fourth-order valence-corrected chi connectivity index (χ4v) is 2.35. The number of nitrogens with zero attached hydrogens (tertiary/aromatic N) is 1. The van der Waals surface area contributed by atoms with E-state index in [1.54, 1.807) is 13.0 Å². The number of ether oxygens (including phenoxy) is 1. The fourth-order valence-electron chi connectivity index (χ4n) is 2.35.